The monoisotopic (exact) mass is 746 g/mol. The standard InChI is InChI=1S/C41H80NO8P/c1-3-5-7-9-11-12-13-14-15-16-17-18-19-20-21-22-23-24-25-26-28-30-32-34-41(45)48-37-39(43)38-50-51(46,47)49-36-35-42-40(44)33-31-29-27-10-8-6-4-2/h14-15,39,43H,3-13,16-38H2,1-2H3,(H,42,44)(H,46,47)/b15-14+. The van der Waals surface area contributed by atoms with Crippen LogP contribution in [0.15, 0.2) is 12.2 Å². The Balaban J connectivity index is 3.51. The molecule has 0 aliphatic heterocycles. The lowest BCUT2D eigenvalue weighted by Crippen LogP contribution is -2.27. The van der Waals surface area contributed by atoms with E-state index in [1.807, 2.05) is 0 Å². The van der Waals surface area contributed by atoms with Gasteiger partial charge >= 0.3 is 13.8 Å². The number of phosphoric acid groups is 1. The Morgan fingerprint density at radius 1 is 0.588 bits per heavy atom. The molecular weight excluding hydrogens is 665 g/mol. The summed E-state index contributed by atoms with van der Waals surface area (Å²) in [5, 5.41) is 12.6. The molecule has 51 heavy (non-hydrogen) atoms. The molecule has 0 aromatic carbocycles. The van der Waals surface area contributed by atoms with E-state index in [9.17, 15) is 24.2 Å². The predicted molar refractivity (Wildman–Crippen MR) is 211 cm³/mol. The van der Waals surface area contributed by atoms with Gasteiger partial charge in [0.05, 0.1) is 13.2 Å². The van der Waals surface area contributed by atoms with Gasteiger partial charge in [0.2, 0.25) is 5.91 Å². The molecule has 0 aliphatic carbocycles. The van der Waals surface area contributed by atoms with Crippen molar-refractivity contribution in [3.8, 4) is 0 Å². The van der Waals surface area contributed by atoms with Crippen LogP contribution in [0.4, 0.5) is 0 Å². The topological polar surface area (TPSA) is 131 Å². The third-order valence-electron chi connectivity index (χ3n) is 9.20. The number of rotatable bonds is 40. The zero-order valence-corrected chi connectivity index (χ0v) is 34.0. The van der Waals surface area contributed by atoms with Crippen molar-refractivity contribution in [3.05, 3.63) is 12.2 Å². The number of aliphatic hydroxyl groups excluding tert-OH is 1. The van der Waals surface area contributed by atoms with Gasteiger partial charge in [0, 0.05) is 19.4 Å². The number of allylic oxidation sites excluding steroid dienone is 2. The number of hydrogen-bond donors (Lipinski definition) is 3. The maximum absolute atomic E-state index is 12.0. The number of ether oxygens (including phenoxy) is 1. The number of unbranched alkanes of at least 4 members (excludes halogenated alkanes) is 25. The molecule has 0 rings (SSSR count). The Labute approximate surface area is 313 Å². The summed E-state index contributed by atoms with van der Waals surface area (Å²) < 4.78 is 26.7. The van der Waals surface area contributed by atoms with E-state index in [0.29, 0.717) is 6.42 Å². The van der Waals surface area contributed by atoms with Crippen LogP contribution >= 0.6 is 7.82 Å². The minimum absolute atomic E-state index is 0.0849. The maximum atomic E-state index is 12.0. The molecule has 0 aromatic heterocycles. The average molecular weight is 746 g/mol. The van der Waals surface area contributed by atoms with Crippen LogP contribution in [0.5, 0.6) is 0 Å². The Hall–Kier alpha value is -1.25. The van der Waals surface area contributed by atoms with Crippen LogP contribution in [0.2, 0.25) is 0 Å². The maximum Gasteiger partial charge on any atom is 0.472 e. The quantitative estimate of drug-likeness (QED) is 0.0244. The summed E-state index contributed by atoms with van der Waals surface area (Å²) in [5.41, 5.74) is 0. The number of aliphatic hydroxyl groups is 1. The number of nitrogens with one attached hydrogen (secondary N) is 1. The van der Waals surface area contributed by atoms with Crippen LogP contribution in [-0.4, -0.2) is 54.3 Å². The van der Waals surface area contributed by atoms with Crippen molar-refractivity contribution in [1.29, 1.82) is 0 Å². The lowest BCUT2D eigenvalue weighted by Gasteiger charge is -2.15. The molecule has 1 amide bonds. The van der Waals surface area contributed by atoms with Crippen LogP contribution < -0.4 is 5.32 Å². The lowest BCUT2D eigenvalue weighted by atomic mass is 10.0. The number of carbonyl (C=O) groups excluding carboxylic acids is 2. The van der Waals surface area contributed by atoms with Crippen LogP contribution in [0.1, 0.15) is 206 Å². The van der Waals surface area contributed by atoms with Crippen molar-refractivity contribution in [2.24, 2.45) is 0 Å². The van der Waals surface area contributed by atoms with Gasteiger partial charge in [-0.2, -0.15) is 0 Å². The van der Waals surface area contributed by atoms with Crippen molar-refractivity contribution >= 4 is 19.7 Å². The van der Waals surface area contributed by atoms with Gasteiger partial charge in [-0.05, 0) is 38.5 Å². The van der Waals surface area contributed by atoms with Crippen molar-refractivity contribution < 1.29 is 37.9 Å². The molecule has 0 heterocycles. The van der Waals surface area contributed by atoms with Gasteiger partial charge in [0.1, 0.15) is 12.7 Å². The number of amides is 1. The summed E-state index contributed by atoms with van der Waals surface area (Å²) in [6.45, 7) is 3.52. The molecule has 0 saturated carbocycles. The van der Waals surface area contributed by atoms with Crippen molar-refractivity contribution in [2.45, 2.75) is 213 Å². The van der Waals surface area contributed by atoms with E-state index >= 15 is 0 Å². The SMILES string of the molecule is CCCCCCCC/C=C/CCCCCCCCCCCCCCCC(=O)OCC(O)COP(=O)(O)OCCNC(=O)CCCCCCCCC. The number of hydrogen-bond acceptors (Lipinski definition) is 7. The van der Waals surface area contributed by atoms with Crippen LogP contribution in [-0.2, 0) is 27.9 Å². The molecule has 302 valence electrons. The smallest absolute Gasteiger partial charge is 0.463 e. The van der Waals surface area contributed by atoms with Crippen molar-refractivity contribution in [2.75, 3.05) is 26.4 Å². The Bertz CT molecular complexity index is 856. The molecule has 0 radical (unpaired) electrons. The third kappa shape index (κ3) is 39.8. The second-order valence-electron chi connectivity index (χ2n) is 14.3. The Kier molecular flexibility index (Phi) is 37.5. The summed E-state index contributed by atoms with van der Waals surface area (Å²) in [6, 6.07) is 0. The molecule has 3 N–H and O–H groups in total. The van der Waals surface area contributed by atoms with Gasteiger partial charge < -0.3 is 20.1 Å². The molecule has 0 spiro atoms. The molecule has 0 aliphatic rings. The van der Waals surface area contributed by atoms with E-state index in [0.717, 1.165) is 38.5 Å². The molecule has 2 atom stereocenters. The zero-order valence-electron chi connectivity index (χ0n) is 33.1. The average Bonchev–Trinajstić information content (AvgIpc) is 3.11. The van der Waals surface area contributed by atoms with Gasteiger partial charge in [0.15, 0.2) is 0 Å². The fourth-order valence-electron chi connectivity index (χ4n) is 5.96. The van der Waals surface area contributed by atoms with Gasteiger partial charge in [-0.1, -0.05) is 167 Å². The first kappa shape index (κ1) is 49.8. The highest BCUT2D eigenvalue weighted by Gasteiger charge is 2.23. The molecule has 0 aromatic rings. The summed E-state index contributed by atoms with van der Waals surface area (Å²) >= 11 is 0. The predicted octanol–water partition coefficient (Wildman–Crippen LogP) is 11.4. The highest BCUT2D eigenvalue weighted by Crippen LogP contribution is 2.42. The minimum atomic E-state index is -4.40. The molecule has 0 saturated heterocycles. The highest BCUT2D eigenvalue weighted by atomic mass is 31.2. The number of phosphoric ester groups is 1. The van der Waals surface area contributed by atoms with Gasteiger partial charge in [0.25, 0.3) is 0 Å². The zero-order chi connectivity index (χ0) is 37.5. The van der Waals surface area contributed by atoms with Crippen molar-refractivity contribution in [1.82, 2.24) is 5.32 Å². The normalized spacial score (nSPS) is 13.4. The molecule has 10 heteroatoms. The van der Waals surface area contributed by atoms with Gasteiger partial charge in [-0.15, -0.1) is 0 Å². The van der Waals surface area contributed by atoms with E-state index in [2.05, 4.69) is 31.3 Å². The summed E-state index contributed by atoms with van der Waals surface area (Å²) in [7, 11) is -4.40. The first-order chi connectivity index (χ1) is 24.8. The lowest BCUT2D eigenvalue weighted by molar-refractivity contribution is -0.147. The third-order valence-corrected chi connectivity index (χ3v) is 10.2. The first-order valence-electron chi connectivity index (χ1n) is 21.2. The van der Waals surface area contributed by atoms with Crippen molar-refractivity contribution in [3.63, 3.8) is 0 Å². The van der Waals surface area contributed by atoms with E-state index in [4.69, 9.17) is 13.8 Å². The van der Waals surface area contributed by atoms with Crippen LogP contribution in [0.3, 0.4) is 0 Å². The van der Waals surface area contributed by atoms with E-state index < -0.39 is 26.5 Å². The second kappa shape index (κ2) is 38.5. The van der Waals surface area contributed by atoms with Crippen LogP contribution in [0, 0.1) is 0 Å². The van der Waals surface area contributed by atoms with E-state index in [-0.39, 0.29) is 32.1 Å². The molecular formula is C41H80NO8P. The first-order valence-corrected chi connectivity index (χ1v) is 22.7. The van der Waals surface area contributed by atoms with Gasteiger partial charge in [-0.25, -0.2) is 4.57 Å². The largest absolute Gasteiger partial charge is 0.472 e. The van der Waals surface area contributed by atoms with E-state index in [1.165, 1.54) is 141 Å². The summed E-state index contributed by atoms with van der Waals surface area (Å²) in [5.74, 6) is -0.516. The summed E-state index contributed by atoms with van der Waals surface area (Å²) in [6.07, 6.45) is 38.8. The Morgan fingerprint density at radius 3 is 1.47 bits per heavy atom. The summed E-state index contributed by atoms with van der Waals surface area (Å²) in [4.78, 5) is 33.7. The van der Waals surface area contributed by atoms with Gasteiger partial charge in [-0.3, -0.25) is 18.6 Å². The minimum Gasteiger partial charge on any atom is -0.463 e. The fourth-order valence-corrected chi connectivity index (χ4v) is 6.72. The molecule has 2 unspecified atom stereocenters. The Morgan fingerprint density at radius 2 is 1.00 bits per heavy atom. The molecule has 0 fully saturated rings. The fraction of sp³-hybridized carbons (Fsp3) is 0.902. The highest BCUT2D eigenvalue weighted by molar-refractivity contribution is 7.47. The second-order valence-corrected chi connectivity index (χ2v) is 15.8. The van der Waals surface area contributed by atoms with E-state index in [1.54, 1.807) is 0 Å². The molecule has 0 bridgehead atoms. The molecule has 9 nitrogen and oxygen atoms in total. The van der Waals surface area contributed by atoms with Crippen LogP contribution in [0.25, 0.3) is 0 Å². The number of esters is 1. The number of carbonyl (C=O) groups is 2.